The zero-order valence-electron chi connectivity index (χ0n) is 20.1. The fourth-order valence-electron chi connectivity index (χ4n) is 4.84. The van der Waals surface area contributed by atoms with E-state index in [4.69, 9.17) is 0 Å². The third-order valence-electron chi connectivity index (χ3n) is 6.82. The van der Waals surface area contributed by atoms with Gasteiger partial charge in [-0.2, -0.15) is 5.10 Å². The first kappa shape index (κ1) is 25.3. The third-order valence-corrected chi connectivity index (χ3v) is 7.79. The number of amidine groups is 1. The molecule has 2 heterocycles. The van der Waals surface area contributed by atoms with Crippen molar-refractivity contribution >= 4 is 40.3 Å². The maximum absolute atomic E-state index is 13.9. The molecule has 0 radical (unpaired) electrons. The molecule has 0 bridgehead atoms. The molecule has 11 heteroatoms. The second kappa shape index (κ2) is 11.3. The number of hydrogen-bond donors (Lipinski definition) is 3. The molecule has 0 spiro atoms. The predicted octanol–water partition coefficient (Wildman–Crippen LogP) is 2.66. The summed E-state index contributed by atoms with van der Waals surface area (Å²) >= 11 is 1.26. The van der Waals surface area contributed by atoms with Gasteiger partial charge in [0.1, 0.15) is 5.82 Å². The number of carbonyl (C=O) groups is 3. The van der Waals surface area contributed by atoms with E-state index in [9.17, 15) is 18.8 Å². The number of carbonyl (C=O) groups excluding carboxylic acids is 3. The minimum absolute atomic E-state index is 0.00215. The summed E-state index contributed by atoms with van der Waals surface area (Å²) < 4.78 is 13.9. The Morgan fingerprint density at radius 2 is 2.03 bits per heavy atom. The summed E-state index contributed by atoms with van der Waals surface area (Å²) in [7, 11) is 0. The zero-order valence-corrected chi connectivity index (χ0v) is 20.9. The molecule has 0 aromatic heterocycles. The van der Waals surface area contributed by atoms with Gasteiger partial charge in [0.2, 0.25) is 17.7 Å². The number of amides is 3. The van der Waals surface area contributed by atoms with Crippen molar-refractivity contribution in [3.8, 4) is 0 Å². The topological polar surface area (TPSA) is 106 Å². The number of hydrogen-bond acceptors (Lipinski definition) is 7. The Morgan fingerprint density at radius 1 is 1.26 bits per heavy atom. The molecule has 2 aliphatic heterocycles. The van der Waals surface area contributed by atoms with E-state index in [2.05, 4.69) is 26.1 Å². The summed E-state index contributed by atoms with van der Waals surface area (Å²) in [5.74, 6) is -0.950. The Bertz CT molecular complexity index is 992. The molecular weight excluding hydrogens is 471 g/mol. The van der Waals surface area contributed by atoms with Crippen molar-refractivity contribution in [2.24, 2.45) is 11.0 Å². The van der Waals surface area contributed by atoms with Crippen LogP contribution in [0.25, 0.3) is 0 Å². The molecule has 4 atom stereocenters. The standard InChI is InChI=1S/C24H33FN6O3S/c1-3-15(2)26-20(32)12-13-30-22(34)16-8-4-7-11-19(16)31-23(30)28-29-24(31)35-14-21(33)27-18-10-6-5-9-17(18)25/h5-6,9-10,15-16,19,23,28H,3-4,7-8,11-14H2,1-2H3,(H,26,32)(H,27,33). The van der Waals surface area contributed by atoms with Crippen molar-refractivity contribution in [1.82, 2.24) is 20.5 Å². The van der Waals surface area contributed by atoms with Gasteiger partial charge in [-0.05, 0) is 38.3 Å². The number of para-hydroxylation sites is 1. The highest BCUT2D eigenvalue weighted by Gasteiger charge is 2.50. The number of anilines is 1. The molecule has 35 heavy (non-hydrogen) atoms. The number of rotatable bonds is 8. The van der Waals surface area contributed by atoms with Gasteiger partial charge in [0.05, 0.1) is 17.4 Å². The van der Waals surface area contributed by atoms with Gasteiger partial charge < -0.3 is 20.4 Å². The summed E-state index contributed by atoms with van der Waals surface area (Å²) in [5.41, 5.74) is 3.19. The highest BCUT2D eigenvalue weighted by molar-refractivity contribution is 8.14. The summed E-state index contributed by atoms with van der Waals surface area (Å²) in [6, 6.07) is 6.13. The molecule has 1 aliphatic carbocycles. The van der Waals surface area contributed by atoms with Gasteiger partial charge in [0, 0.05) is 25.0 Å². The van der Waals surface area contributed by atoms with E-state index >= 15 is 0 Å². The lowest BCUT2D eigenvalue weighted by Gasteiger charge is -2.50. The van der Waals surface area contributed by atoms with Gasteiger partial charge in [-0.1, -0.05) is 43.7 Å². The molecule has 4 rings (SSSR count). The molecule has 1 saturated heterocycles. The average molecular weight is 505 g/mol. The highest BCUT2D eigenvalue weighted by atomic mass is 32.2. The number of benzene rings is 1. The monoisotopic (exact) mass is 504 g/mol. The Morgan fingerprint density at radius 3 is 2.80 bits per heavy atom. The van der Waals surface area contributed by atoms with E-state index in [0.717, 1.165) is 32.1 Å². The predicted molar refractivity (Wildman–Crippen MR) is 134 cm³/mol. The van der Waals surface area contributed by atoms with E-state index in [1.807, 2.05) is 13.8 Å². The molecule has 190 valence electrons. The quantitative estimate of drug-likeness (QED) is 0.503. The molecule has 2 fully saturated rings. The van der Waals surface area contributed by atoms with Crippen LogP contribution in [0.15, 0.2) is 29.4 Å². The Labute approximate surface area is 209 Å². The van der Waals surface area contributed by atoms with E-state index in [0.29, 0.717) is 11.7 Å². The van der Waals surface area contributed by atoms with Crippen LogP contribution in [0.5, 0.6) is 0 Å². The Kier molecular flexibility index (Phi) is 8.15. The summed E-state index contributed by atoms with van der Waals surface area (Å²) in [6.45, 7) is 4.26. The largest absolute Gasteiger partial charge is 0.354 e. The minimum Gasteiger partial charge on any atom is -0.354 e. The summed E-state index contributed by atoms with van der Waals surface area (Å²) in [4.78, 5) is 42.0. The number of nitrogens with zero attached hydrogens (tertiary/aromatic N) is 3. The molecule has 9 nitrogen and oxygen atoms in total. The van der Waals surface area contributed by atoms with Crippen molar-refractivity contribution in [3.63, 3.8) is 0 Å². The summed E-state index contributed by atoms with van der Waals surface area (Å²) in [5, 5.41) is 10.6. The lowest BCUT2D eigenvalue weighted by atomic mass is 9.81. The van der Waals surface area contributed by atoms with Crippen molar-refractivity contribution < 1.29 is 18.8 Å². The van der Waals surface area contributed by atoms with E-state index in [-0.39, 0.29) is 53.6 Å². The van der Waals surface area contributed by atoms with Crippen LogP contribution < -0.4 is 16.1 Å². The number of thioether (sulfide) groups is 1. The maximum Gasteiger partial charge on any atom is 0.234 e. The minimum atomic E-state index is -0.488. The van der Waals surface area contributed by atoms with Gasteiger partial charge in [-0.25, -0.2) is 4.39 Å². The Balaban J connectivity index is 1.41. The SMILES string of the molecule is CCC(C)NC(=O)CCN1C(=O)C2CCCCC2N2C(SCC(=O)Nc3ccccc3F)=NNC12. The second-order valence-corrected chi connectivity index (χ2v) is 10.2. The first-order chi connectivity index (χ1) is 16.9. The van der Waals surface area contributed by atoms with Crippen molar-refractivity contribution in [1.29, 1.82) is 0 Å². The molecule has 1 saturated carbocycles. The first-order valence-corrected chi connectivity index (χ1v) is 13.3. The van der Waals surface area contributed by atoms with Gasteiger partial charge in [-0.3, -0.25) is 19.8 Å². The van der Waals surface area contributed by atoms with Crippen LogP contribution in [0, 0.1) is 11.7 Å². The lowest BCUT2D eigenvalue weighted by molar-refractivity contribution is -0.155. The third kappa shape index (κ3) is 5.71. The van der Waals surface area contributed by atoms with Crippen LogP contribution in [0.2, 0.25) is 0 Å². The number of hydrazone groups is 1. The first-order valence-electron chi connectivity index (χ1n) is 12.3. The molecule has 4 unspecified atom stereocenters. The molecular formula is C24H33FN6O3S. The van der Waals surface area contributed by atoms with Crippen LogP contribution in [-0.4, -0.2) is 63.4 Å². The molecule has 3 aliphatic rings. The van der Waals surface area contributed by atoms with Crippen molar-refractivity contribution in [3.05, 3.63) is 30.1 Å². The van der Waals surface area contributed by atoms with Crippen molar-refractivity contribution in [2.45, 2.75) is 70.7 Å². The van der Waals surface area contributed by atoms with Gasteiger partial charge in [-0.15, -0.1) is 0 Å². The second-order valence-electron chi connectivity index (χ2n) is 9.24. The van der Waals surface area contributed by atoms with Gasteiger partial charge in [0.15, 0.2) is 11.5 Å². The number of fused-ring (bicyclic) bond motifs is 3. The lowest BCUT2D eigenvalue weighted by Crippen LogP contribution is -2.67. The van der Waals surface area contributed by atoms with E-state index in [1.165, 1.54) is 23.9 Å². The van der Waals surface area contributed by atoms with E-state index in [1.54, 1.807) is 17.0 Å². The van der Waals surface area contributed by atoms with Gasteiger partial charge in [0.25, 0.3) is 0 Å². The molecule has 1 aromatic rings. The zero-order chi connectivity index (χ0) is 24.9. The normalized spacial score (nSPS) is 24.1. The average Bonchev–Trinajstić information content (AvgIpc) is 3.28. The Hall–Kier alpha value is -2.82. The van der Waals surface area contributed by atoms with E-state index < -0.39 is 12.1 Å². The molecule has 3 amide bonds. The summed E-state index contributed by atoms with van der Waals surface area (Å²) in [6.07, 6.45) is 4.27. The van der Waals surface area contributed by atoms with Crippen LogP contribution in [0.4, 0.5) is 10.1 Å². The highest BCUT2D eigenvalue weighted by Crippen LogP contribution is 2.38. The maximum atomic E-state index is 13.9. The smallest absolute Gasteiger partial charge is 0.234 e. The molecule has 3 N–H and O–H groups in total. The number of nitrogens with one attached hydrogen (secondary N) is 3. The number of halogens is 1. The van der Waals surface area contributed by atoms with Crippen LogP contribution in [0.1, 0.15) is 52.4 Å². The van der Waals surface area contributed by atoms with Gasteiger partial charge >= 0.3 is 0 Å². The molecule has 1 aromatic carbocycles. The van der Waals surface area contributed by atoms with Crippen LogP contribution in [0.3, 0.4) is 0 Å². The fourth-order valence-corrected chi connectivity index (χ4v) is 5.67. The van der Waals surface area contributed by atoms with Crippen molar-refractivity contribution in [2.75, 3.05) is 17.6 Å². The fraction of sp³-hybridized carbons (Fsp3) is 0.583. The van der Waals surface area contributed by atoms with Crippen LogP contribution in [-0.2, 0) is 14.4 Å². The van der Waals surface area contributed by atoms with Crippen LogP contribution >= 0.6 is 11.8 Å².